The van der Waals surface area contributed by atoms with Crippen LogP contribution in [0.15, 0.2) is 36.5 Å². The van der Waals surface area contributed by atoms with Crippen LogP contribution in [-0.4, -0.2) is 55.7 Å². The van der Waals surface area contributed by atoms with Gasteiger partial charge in [-0.05, 0) is 25.5 Å². The van der Waals surface area contributed by atoms with Crippen molar-refractivity contribution in [2.24, 2.45) is 0 Å². The number of aromatic nitrogens is 2. The van der Waals surface area contributed by atoms with Gasteiger partial charge in [0, 0.05) is 18.7 Å². The third-order valence-corrected chi connectivity index (χ3v) is 5.25. The van der Waals surface area contributed by atoms with E-state index in [-0.39, 0.29) is 37.1 Å². The van der Waals surface area contributed by atoms with Gasteiger partial charge in [-0.15, -0.1) is 0 Å². The van der Waals surface area contributed by atoms with E-state index in [2.05, 4.69) is 10.4 Å². The van der Waals surface area contributed by atoms with Gasteiger partial charge < -0.3 is 15.3 Å². The van der Waals surface area contributed by atoms with E-state index >= 15 is 0 Å². The van der Waals surface area contributed by atoms with Crippen LogP contribution in [0, 0.1) is 0 Å². The van der Waals surface area contributed by atoms with Gasteiger partial charge in [-0.1, -0.05) is 12.1 Å². The molecule has 10 nitrogen and oxygen atoms in total. The second-order valence-electron chi connectivity index (χ2n) is 7.20. The molecule has 1 unspecified atom stereocenters. The number of rotatable bonds is 5. The lowest BCUT2D eigenvalue weighted by Gasteiger charge is -2.48. The van der Waals surface area contributed by atoms with Crippen molar-refractivity contribution in [2.45, 2.75) is 32.0 Å². The van der Waals surface area contributed by atoms with E-state index in [1.165, 1.54) is 21.8 Å². The molecule has 3 heterocycles. The van der Waals surface area contributed by atoms with Crippen molar-refractivity contribution in [2.75, 3.05) is 16.8 Å². The first-order valence-corrected chi connectivity index (χ1v) is 9.09. The van der Waals surface area contributed by atoms with Gasteiger partial charge in [0.15, 0.2) is 5.82 Å². The fraction of sp³-hybridized carbons (Fsp3) is 0.316. The summed E-state index contributed by atoms with van der Waals surface area (Å²) >= 11 is 0. The molecule has 2 aliphatic heterocycles. The van der Waals surface area contributed by atoms with Crippen molar-refractivity contribution in [3.8, 4) is 0 Å². The second-order valence-corrected chi connectivity index (χ2v) is 7.20. The van der Waals surface area contributed by atoms with E-state index in [4.69, 9.17) is 5.11 Å². The van der Waals surface area contributed by atoms with Gasteiger partial charge in [0.25, 0.3) is 5.91 Å². The predicted molar refractivity (Wildman–Crippen MR) is 101 cm³/mol. The molecule has 1 atom stereocenters. The molecule has 4 rings (SSSR count). The molecule has 0 aliphatic carbocycles. The van der Waals surface area contributed by atoms with Gasteiger partial charge in [0.05, 0.1) is 11.3 Å². The van der Waals surface area contributed by atoms with Gasteiger partial charge >= 0.3 is 5.97 Å². The summed E-state index contributed by atoms with van der Waals surface area (Å²) in [6.07, 6.45) is 2.15. The molecule has 1 aromatic heterocycles. The SMILES string of the molecule is CC12CCC(=O)N1c1ccccc1C(=O)N2CC(=O)Nc1ccn(CC(=O)O)n1. The van der Waals surface area contributed by atoms with Crippen molar-refractivity contribution in [1.82, 2.24) is 14.7 Å². The Bertz CT molecular complexity index is 1030. The number of nitrogens with one attached hydrogen (secondary N) is 1. The number of fused-ring (bicyclic) bond motifs is 3. The van der Waals surface area contributed by atoms with Gasteiger partial charge in [0.2, 0.25) is 11.8 Å². The highest BCUT2D eigenvalue weighted by Crippen LogP contribution is 2.43. The number of amides is 3. The minimum atomic E-state index is -1.05. The maximum absolute atomic E-state index is 13.1. The fourth-order valence-electron chi connectivity index (χ4n) is 3.92. The molecule has 0 saturated carbocycles. The maximum atomic E-state index is 13.1. The van der Waals surface area contributed by atoms with E-state index in [1.54, 1.807) is 36.1 Å². The van der Waals surface area contributed by atoms with Crippen LogP contribution in [0.1, 0.15) is 30.1 Å². The average molecular weight is 397 g/mol. The van der Waals surface area contributed by atoms with Crippen LogP contribution in [0.25, 0.3) is 0 Å². The summed E-state index contributed by atoms with van der Waals surface area (Å²) in [5, 5.41) is 15.3. The highest BCUT2D eigenvalue weighted by Gasteiger charge is 2.53. The van der Waals surface area contributed by atoms with Crippen molar-refractivity contribution < 1.29 is 24.3 Å². The van der Waals surface area contributed by atoms with Crippen LogP contribution in [0.5, 0.6) is 0 Å². The van der Waals surface area contributed by atoms with Crippen LogP contribution >= 0.6 is 0 Å². The van der Waals surface area contributed by atoms with Crippen molar-refractivity contribution >= 4 is 35.2 Å². The summed E-state index contributed by atoms with van der Waals surface area (Å²) in [6.45, 7) is 1.19. The highest BCUT2D eigenvalue weighted by molar-refractivity contribution is 6.11. The number of carboxylic acids is 1. The number of hydrogen-bond acceptors (Lipinski definition) is 5. The molecule has 1 aromatic carbocycles. The average Bonchev–Trinajstić information content (AvgIpc) is 3.22. The number of benzene rings is 1. The first-order valence-electron chi connectivity index (χ1n) is 9.09. The molecule has 1 fully saturated rings. The summed E-state index contributed by atoms with van der Waals surface area (Å²) in [7, 11) is 0. The Morgan fingerprint density at radius 3 is 2.72 bits per heavy atom. The Balaban J connectivity index is 1.57. The lowest BCUT2D eigenvalue weighted by molar-refractivity contribution is -0.137. The fourth-order valence-corrected chi connectivity index (χ4v) is 3.92. The Hall–Kier alpha value is -3.69. The molecule has 1 saturated heterocycles. The molecular formula is C19H19N5O5. The lowest BCUT2D eigenvalue weighted by Crippen LogP contribution is -2.63. The second kappa shape index (κ2) is 6.73. The Morgan fingerprint density at radius 2 is 1.97 bits per heavy atom. The maximum Gasteiger partial charge on any atom is 0.325 e. The summed E-state index contributed by atoms with van der Waals surface area (Å²) in [5.74, 6) is -1.77. The smallest absolute Gasteiger partial charge is 0.325 e. The first kappa shape index (κ1) is 18.7. The van der Waals surface area contributed by atoms with Crippen LogP contribution in [0.3, 0.4) is 0 Å². The molecule has 10 heteroatoms. The molecule has 2 aromatic rings. The van der Waals surface area contributed by atoms with Crippen LogP contribution in [-0.2, 0) is 20.9 Å². The number of aliphatic carboxylic acids is 1. The molecule has 3 amide bonds. The van der Waals surface area contributed by atoms with Gasteiger partial charge in [-0.3, -0.25) is 28.8 Å². The van der Waals surface area contributed by atoms with Crippen LogP contribution in [0.4, 0.5) is 11.5 Å². The third kappa shape index (κ3) is 3.12. The zero-order valence-corrected chi connectivity index (χ0v) is 15.7. The molecular weight excluding hydrogens is 378 g/mol. The lowest BCUT2D eigenvalue weighted by atomic mass is 9.98. The van der Waals surface area contributed by atoms with E-state index in [1.807, 2.05) is 0 Å². The Labute approximate surface area is 165 Å². The molecule has 150 valence electrons. The Morgan fingerprint density at radius 1 is 1.21 bits per heavy atom. The molecule has 0 bridgehead atoms. The molecule has 2 aliphatic rings. The van der Waals surface area contributed by atoms with Crippen LogP contribution < -0.4 is 10.2 Å². The van der Waals surface area contributed by atoms with Crippen molar-refractivity contribution in [1.29, 1.82) is 0 Å². The number of carbonyl (C=O) groups excluding carboxylic acids is 3. The summed E-state index contributed by atoms with van der Waals surface area (Å²) in [6, 6.07) is 8.34. The van der Waals surface area contributed by atoms with Gasteiger partial charge in [0.1, 0.15) is 18.8 Å². The summed E-state index contributed by atoms with van der Waals surface area (Å²) in [5.41, 5.74) is 0.00745. The number of carboxylic acid groups (broad SMARTS) is 1. The molecule has 0 spiro atoms. The summed E-state index contributed by atoms with van der Waals surface area (Å²) in [4.78, 5) is 52.0. The Kier molecular flexibility index (Phi) is 4.33. The number of nitrogens with zero attached hydrogens (tertiary/aromatic N) is 4. The summed E-state index contributed by atoms with van der Waals surface area (Å²) < 4.78 is 1.18. The van der Waals surface area contributed by atoms with Crippen molar-refractivity contribution in [3.05, 3.63) is 42.1 Å². The molecule has 29 heavy (non-hydrogen) atoms. The topological polar surface area (TPSA) is 125 Å². The van der Waals surface area contributed by atoms with E-state index < -0.39 is 17.5 Å². The van der Waals surface area contributed by atoms with E-state index in [0.29, 0.717) is 17.7 Å². The first-order chi connectivity index (χ1) is 13.8. The highest BCUT2D eigenvalue weighted by atomic mass is 16.4. The van der Waals surface area contributed by atoms with Gasteiger partial charge in [-0.2, -0.15) is 5.10 Å². The van der Waals surface area contributed by atoms with Crippen LogP contribution in [0.2, 0.25) is 0 Å². The molecule has 0 radical (unpaired) electrons. The predicted octanol–water partition coefficient (Wildman–Crippen LogP) is 0.905. The third-order valence-electron chi connectivity index (χ3n) is 5.25. The number of anilines is 2. The normalized spacial score (nSPS) is 20.4. The van der Waals surface area contributed by atoms with E-state index in [0.717, 1.165) is 0 Å². The van der Waals surface area contributed by atoms with Gasteiger partial charge in [-0.25, -0.2) is 0 Å². The monoisotopic (exact) mass is 397 g/mol. The number of para-hydroxylation sites is 1. The largest absolute Gasteiger partial charge is 0.480 e. The quantitative estimate of drug-likeness (QED) is 0.772. The number of hydrogen-bond donors (Lipinski definition) is 2. The van der Waals surface area contributed by atoms with E-state index in [9.17, 15) is 19.2 Å². The standard InChI is InChI=1S/C19H19N5O5/c1-19-8-6-16(26)24(19)13-5-3-2-4-12(13)18(29)23(19)10-15(25)20-14-7-9-22(21-14)11-17(27)28/h2-5,7,9H,6,8,10-11H2,1H3,(H,27,28)(H,20,21,25). The molecule has 2 N–H and O–H groups in total. The zero-order chi connectivity index (χ0) is 20.8. The minimum Gasteiger partial charge on any atom is -0.480 e. The minimum absolute atomic E-state index is 0.0923. The zero-order valence-electron chi connectivity index (χ0n) is 15.7. The number of carbonyl (C=O) groups is 4. The van der Waals surface area contributed by atoms with Crippen molar-refractivity contribution in [3.63, 3.8) is 0 Å².